The van der Waals surface area contributed by atoms with Crippen LogP contribution in [0.25, 0.3) is 0 Å². The van der Waals surface area contributed by atoms with E-state index in [1.807, 2.05) is 19.9 Å². The van der Waals surface area contributed by atoms with Gasteiger partial charge in [-0.05, 0) is 29.8 Å². The number of hydrogen-bond acceptors (Lipinski definition) is 3. The lowest BCUT2D eigenvalue weighted by Gasteiger charge is -2.11. The molecular weight excluding hydrogens is 242 g/mol. The number of terminal acetylenes is 1. The monoisotopic (exact) mass is 253 g/mol. The Morgan fingerprint density at radius 3 is 2.93 bits per heavy atom. The second-order valence-electron chi connectivity index (χ2n) is 3.08. The van der Waals surface area contributed by atoms with Crippen molar-refractivity contribution in [1.29, 1.82) is 0 Å². The molecule has 0 spiro atoms. The van der Waals surface area contributed by atoms with Crippen LogP contribution in [-0.4, -0.2) is 16.0 Å². The third kappa shape index (κ3) is 3.35. The van der Waals surface area contributed by atoms with E-state index in [-0.39, 0.29) is 6.04 Å². The summed E-state index contributed by atoms with van der Waals surface area (Å²) >= 11 is 3.31. The van der Waals surface area contributed by atoms with Crippen LogP contribution >= 0.6 is 15.9 Å². The van der Waals surface area contributed by atoms with Crippen molar-refractivity contribution in [3.63, 3.8) is 0 Å². The largest absolute Gasteiger partial charge is 0.367 e. The van der Waals surface area contributed by atoms with Gasteiger partial charge in [0.15, 0.2) is 0 Å². The zero-order chi connectivity index (χ0) is 10.6. The molecule has 0 fully saturated rings. The zero-order valence-electron chi connectivity index (χ0n) is 8.21. The van der Waals surface area contributed by atoms with Crippen molar-refractivity contribution in [1.82, 2.24) is 9.97 Å². The van der Waals surface area contributed by atoms with Crippen molar-refractivity contribution in [2.45, 2.75) is 26.3 Å². The molecule has 0 aliphatic carbocycles. The van der Waals surface area contributed by atoms with E-state index in [4.69, 9.17) is 6.42 Å². The molecule has 1 N–H and O–H groups in total. The van der Waals surface area contributed by atoms with Crippen LogP contribution in [0.2, 0.25) is 0 Å². The molecule has 0 amide bonds. The summed E-state index contributed by atoms with van der Waals surface area (Å²) in [4.78, 5) is 8.35. The van der Waals surface area contributed by atoms with Crippen LogP contribution in [0.5, 0.6) is 0 Å². The molecule has 1 aromatic rings. The number of hydrogen-bond donors (Lipinski definition) is 1. The van der Waals surface area contributed by atoms with Gasteiger partial charge in [0.05, 0.1) is 0 Å². The minimum Gasteiger partial charge on any atom is -0.367 e. The predicted octanol–water partition coefficient (Wildman–Crippen LogP) is 2.37. The van der Waals surface area contributed by atoms with Gasteiger partial charge in [0, 0.05) is 18.5 Å². The van der Waals surface area contributed by atoms with Crippen molar-refractivity contribution in [2.75, 3.05) is 5.32 Å². The van der Waals surface area contributed by atoms with Crippen molar-refractivity contribution in [3.8, 4) is 12.3 Å². The van der Waals surface area contributed by atoms with Crippen molar-refractivity contribution in [2.24, 2.45) is 0 Å². The average Bonchev–Trinajstić information content (AvgIpc) is 2.01. The number of halogens is 1. The van der Waals surface area contributed by atoms with E-state index < -0.39 is 0 Å². The molecule has 1 atom stereocenters. The molecule has 0 aromatic carbocycles. The lowest BCUT2D eigenvalue weighted by Crippen LogP contribution is -2.15. The molecule has 0 saturated heterocycles. The van der Waals surface area contributed by atoms with Crippen LogP contribution in [0, 0.1) is 19.3 Å². The maximum atomic E-state index is 5.21. The maximum Gasteiger partial charge on any atom is 0.131 e. The summed E-state index contributed by atoms with van der Waals surface area (Å²) in [5, 5.41) is 3.20. The van der Waals surface area contributed by atoms with E-state index in [1.165, 1.54) is 0 Å². The molecule has 3 nitrogen and oxygen atoms in total. The van der Waals surface area contributed by atoms with Crippen LogP contribution < -0.4 is 5.32 Å². The molecule has 4 heteroatoms. The summed E-state index contributed by atoms with van der Waals surface area (Å²) in [6.07, 6.45) is 5.89. The van der Waals surface area contributed by atoms with Gasteiger partial charge >= 0.3 is 0 Å². The first-order chi connectivity index (χ1) is 6.61. The van der Waals surface area contributed by atoms with Gasteiger partial charge in [0.1, 0.15) is 16.2 Å². The van der Waals surface area contributed by atoms with E-state index in [2.05, 4.69) is 37.1 Å². The Labute approximate surface area is 92.5 Å². The summed E-state index contributed by atoms with van der Waals surface area (Å²) in [5.74, 6) is 4.13. The molecule has 1 heterocycles. The minimum absolute atomic E-state index is 0.223. The van der Waals surface area contributed by atoms with E-state index >= 15 is 0 Å². The van der Waals surface area contributed by atoms with Gasteiger partial charge in [0.2, 0.25) is 0 Å². The first-order valence-electron chi connectivity index (χ1n) is 4.33. The van der Waals surface area contributed by atoms with Crippen LogP contribution in [0.15, 0.2) is 10.7 Å². The van der Waals surface area contributed by atoms with Crippen LogP contribution in [0.4, 0.5) is 5.82 Å². The van der Waals surface area contributed by atoms with Crippen molar-refractivity contribution >= 4 is 21.7 Å². The second-order valence-corrected chi connectivity index (χ2v) is 3.89. The Balaban J connectivity index is 2.72. The number of nitrogens with one attached hydrogen (secondary N) is 1. The number of aromatic nitrogens is 2. The highest BCUT2D eigenvalue weighted by molar-refractivity contribution is 9.10. The molecular formula is C10H12BrN3. The molecule has 0 saturated carbocycles. The Hall–Kier alpha value is -1.08. The molecule has 0 aliphatic heterocycles. The smallest absolute Gasteiger partial charge is 0.131 e. The third-order valence-corrected chi connectivity index (χ3v) is 2.03. The Kier molecular flexibility index (Phi) is 3.90. The summed E-state index contributed by atoms with van der Waals surface area (Å²) in [6.45, 7) is 3.87. The molecule has 1 rings (SSSR count). The molecule has 0 radical (unpaired) electrons. The molecule has 0 bridgehead atoms. The topological polar surface area (TPSA) is 37.8 Å². The number of nitrogens with zero attached hydrogens (tertiary/aromatic N) is 2. The highest BCUT2D eigenvalue weighted by Crippen LogP contribution is 2.13. The molecule has 74 valence electrons. The second kappa shape index (κ2) is 4.97. The van der Waals surface area contributed by atoms with Gasteiger partial charge in [-0.15, -0.1) is 12.3 Å². The quantitative estimate of drug-likeness (QED) is 0.664. The molecule has 1 aromatic heterocycles. The number of aryl methyl sites for hydroxylation is 1. The van der Waals surface area contributed by atoms with E-state index in [9.17, 15) is 0 Å². The lowest BCUT2D eigenvalue weighted by molar-refractivity contribution is 0.816. The zero-order valence-corrected chi connectivity index (χ0v) is 9.80. The fourth-order valence-electron chi connectivity index (χ4n) is 1.09. The first kappa shape index (κ1) is 11.0. The molecule has 0 aliphatic rings. The fourth-order valence-corrected chi connectivity index (χ4v) is 1.56. The maximum absolute atomic E-state index is 5.21. The Morgan fingerprint density at radius 2 is 2.36 bits per heavy atom. The first-order valence-corrected chi connectivity index (χ1v) is 5.12. The van der Waals surface area contributed by atoms with Gasteiger partial charge in [-0.2, -0.15) is 0 Å². The highest BCUT2D eigenvalue weighted by atomic mass is 79.9. The number of anilines is 1. The van der Waals surface area contributed by atoms with Crippen LogP contribution in [0.3, 0.4) is 0 Å². The normalized spacial score (nSPS) is 11.9. The summed E-state index contributed by atoms with van der Waals surface area (Å²) in [7, 11) is 0. The van der Waals surface area contributed by atoms with Crippen LogP contribution in [0.1, 0.15) is 19.2 Å². The summed E-state index contributed by atoms with van der Waals surface area (Å²) in [6, 6.07) is 2.06. The van der Waals surface area contributed by atoms with Crippen molar-refractivity contribution < 1.29 is 0 Å². The average molecular weight is 254 g/mol. The molecule has 14 heavy (non-hydrogen) atoms. The van der Waals surface area contributed by atoms with Gasteiger partial charge in [-0.1, -0.05) is 0 Å². The Bertz CT molecular complexity index is 337. The predicted molar refractivity (Wildman–Crippen MR) is 61.0 cm³/mol. The Morgan fingerprint density at radius 1 is 1.64 bits per heavy atom. The van der Waals surface area contributed by atoms with Gasteiger partial charge < -0.3 is 5.32 Å². The minimum atomic E-state index is 0.223. The van der Waals surface area contributed by atoms with Crippen LogP contribution in [-0.2, 0) is 0 Å². The fraction of sp³-hybridized carbons (Fsp3) is 0.400. The van der Waals surface area contributed by atoms with E-state index in [0.29, 0.717) is 6.42 Å². The summed E-state index contributed by atoms with van der Waals surface area (Å²) in [5.41, 5.74) is 0. The standard InChI is InChI=1S/C10H12BrN3/c1-4-5-7(2)12-10-6-9(11)13-8(3)14-10/h1,6-7H,5H2,2-3H3,(H,12,13,14). The lowest BCUT2D eigenvalue weighted by atomic mass is 10.2. The SMILES string of the molecule is C#CCC(C)Nc1cc(Br)nc(C)n1. The van der Waals surface area contributed by atoms with E-state index in [0.717, 1.165) is 16.2 Å². The molecule has 1 unspecified atom stereocenters. The summed E-state index contributed by atoms with van der Waals surface area (Å²) < 4.78 is 0.778. The number of rotatable bonds is 3. The highest BCUT2D eigenvalue weighted by Gasteiger charge is 2.03. The van der Waals surface area contributed by atoms with Gasteiger partial charge in [0.25, 0.3) is 0 Å². The van der Waals surface area contributed by atoms with E-state index in [1.54, 1.807) is 0 Å². The van der Waals surface area contributed by atoms with Gasteiger partial charge in [-0.3, -0.25) is 0 Å². The van der Waals surface area contributed by atoms with Crippen molar-refractivity contribution in [3.05, 3.63) is 16.5 Å². The van der Waals surface area contributed by atoms with Gasteiger partial charge in [-0.25, -0.2) is 9.97 Å². The third-order valence-electron chi connectivity index (χ3n) is 1.63.